The summed E-state index contributed by atoms with van der Waals surface area (Å²) in [5, 5.41) is 1.10. The van der Waals surface area contributed by atoms with Crippen LogP contribution in [0, 0.1) is 0 Å². The molecule has 0 radical (unpaired) electrons. The molecule has 0 unspecified atom stereocenters. The lowest BCUT2D eigenvalue weighted by Crippen LogP contribution is -2.40. The average molecular weight is 293 g/mol. The van der Waals surface area contributed by atoms with Crippen LogP contribution in [-0.2, 0) is 0 Å². The first-order valence-corrected chi connectivity index (χ1v) is 7.71. The van der Waals surface area contributed by atoms with E-state index in [1.165, 1.54) is 5.56 Å². The van der Waals surface area contributed by atoms with Crippen LogP contribution in [0.25, 0.3) is 22.2 Å². The molecule has 3 N–H and O–H groups in total. The molecule has 22 heavy (non-hydrogen) atoms. The van der Waals surface area contributed by atoms with Crippen molar-refractivity contribution in [3.05, 3.63) is 42.9 Å². The number of hydrogen-bond donors (Lipinski definition) is 2. The number of anilines is 1. The molecule has 2 aromatic heterocycles. The van der Waals surface area contributed by atoms with Crippen molar-refractivity contribution < 1.29 is 0 Å². The molecular formula is C17H19N5. The zero-order chi connectivity index (χ0) is 14.9. The highest BCUT2D eigenvalue weighted by molar-refractivity contribution is 6.01. The Bertz CT molecular complexity index is 772. The van der Waals surface area contributed by atoms with Gasteiger partial charge in [0.15, 0.2) is 0 Å². The summed E-state index contributed by atoms with van der Waals surface area (Å²) >= 11 is 0. The van der Waals surface area contributed by atoms with E-state index in [1.54, 1.807) is 6.33 Å². The Kier molecular flexibility index (Phi) is 3.27. The molecule has 1 aliphatic rings. The van der Waals surface area contributed by atoms with E-state index in [1.807, 2.05) is 12.3 Å². The van der Waals surface area contributed by atoms with Crippen LogP contribution in [0.15, 0.2) is 42.9 Å². The first kappa shape index (κ1) is 13.3. The smallest absolute Gasteiger partial charge is 0.143 e. The molecule has 1 saturated heterocycles. The van der Waals surface area contributed by atoms with Gasteiger partial charge in [0.2, 0.25) is 0 Å². The van der Waals surface area contributed by atoms with Gasteiger partial charge in [0.05, 0.1) is 5.39 Å². The number of nitrogens with two attached hydrogens (primary N) is 1. The van der Waals surface area contributed by atoms with E-state index in [0.29, 0.717) is 6.04 Å². The Balaban J connectivity index is 1.83. The fraction of sp³-hybridized carbons (Fsp3) is 0.294. The molecule has 5 heteroatoms. The van der Waals surface area contributed by atoms with Crippen LogP contribution in [0.2, 0.25) is 0 Å². The van der Waals surface area contributed by atoms with Gasteiger partial charge in [-0.2, -0.15) is 0 Å². The van der Waals surface area contributed by atoms with Crippen molar-refractivity contribution in [3.63, 3.8) is 0 Å². The molecule has 0 atom stereocenters. The lowest BCUT2D eigenvalue weighted by molar-refractivity contribution is 0.499. The van der Waals surface area contributed by atoms with E-state index in [4.69, 9.17) is 5.73 Å². The normalized spacial score (nSPS) is 16.3. The maximum Gasteiger partial charge on any atom is 0.143 e. The number of benzene rings is 1. The van der Waals surface area contributed by atoms with Gasteiger partial charge in [0.25, 0.3) is 0 Å². The highest BCUT2D eigenvalue weighted by Gasteiger charge is 2.21. The minimum absolute atomic E-state index is 0.313. The summed E-state index contributed by atoms with van der Waals surface area (Å²) in [6.07, 6.45) is 5.68. The quantitative estimate of drug-likeness (QED) is 0.762. The maximum atomic E-state index is 6.02. The summed E-state index contributed by atoms with van der Waals surface area (Å²) < 4.78 is 0. The molecule has 1 fully saturated rings. The largest absolute Gasteiger partial charge is 0.356 e. The summed E-state index contributed by atoms with van der Waals surface area (Å²) in [4.78, 5) is 14.5. The van der Waals surface area contributed by atoms with Crippen molar-refractivity contribution in [2.75, 3.05) is 18.0 Å². The molecule has 0 spiro atoms. The Morgan fingerprint density at radius 2 is 1.86 bits per heavy atom. The molecule has 4 rings (SSSR count). The van der Waals surface area contributed by atoms with Gasteiger partial charge in [0, 0.05) is 30.9 Å². The monoisotopic (exact) mass is 293 g/mol. The molecule has 5 nitrogen and oxygen atoms in total. The topological polar surface area (TPSA) is 70.8 Å². The number of fused-ring (bicyclic) bond motifs is 1. The van der Waals surface area contributed by atoms with Gasteiger partial charge in [-0.05, 0) is 18.4 Å². The van der Waals surface area contributed by atoms with E-state index in [9.17, 15) is 0 Å². The molecule has 112 valence electrons. The van der Waals surface area contributed by atoms with Crippen LogP contribution in [0.4, 0.5) is 5.82 Å². The SMILES string of the molecule is NC1CCN(c2ncnc3[nH]cc(-c4ccccc4)c23)CC1. The second-order valence-corrected chi connectivity index (χ2v) is 5.81. The third-order valence-electron chi connectivity index (χ3n) is 4.37. The number of nitrogens with zero attached hydrogens (tertiary/aromatic N) is 3. The predicted octanol–water partition coefficient (Wildman–Crippen LogP) is 2.55. The Morgan fingerprint density at radius 3 is 2.64 bits per heavy atom. The summed E-state index contributed by atoms with van der Waals surface area (Å²) in [6.45, 7) is 1.90. The van der Waals surface area contributed by atoms with Crippen molar-refractivity contribution in [2.24, 2.45) is 5.73 Å². The second-order valence-electron chi connectivity index (χ2n) is 5.81. The summed E-state index contributed by atoms with van der Waals surface area (Å²) in [5.41, 5.74) is 9.24. The van der Waals surface area contributed by atoms with E-state index in [0.717, 1.165) is 48.3 Å². The lowest BCUT2D eigenvalue weighted by Gasteiger charge is -2.31. The van der Waals surface area contributed by atoms with Gasteiger partial charge in [-0.25, -0.2) is 9.97 Å². The van der Waals surface area contributed by atoms with Gasteiger partial charge >= 0.3 is 0 Å². The number of H-pyrrole nitrogens is 1. The molecule has 1 aliphatic heterocycles. The van der Waals surface area contributed by atoms with Crippen LogP contribution in [-0.4, -0.2) is 34.1 Å². The highest BCUT2D eigenvalue weighted by atomic mass is 15.2. The number of aromatic amines is 1. The Labute approximate surface area is 129 Å². The Morgan fingerprint density at radius 1 is 1.09 bits per heavy atom. The van der Waals surface area contributed by atoms with Crippen molar-refractivity contribution in [3.8, 4) is 11.1 Å². The fourth-order valence-corrected chi connectivity index (χ4v) is 3.14. The molecular weight excluding hydrogens is 274 g/mol. The first-order valence-electron chi connectivity index (χ1n) is 7.71. The van der Waals surface area contributed by atoms with Gasteiger partial charge in [-0.15, -0.1) is 0 Å². The van der Waals surface area contributed by atoms with Crippen molar-refractivity contribution in [2.45, 2.75) is 18.9 Å². The molecule has 3 heterocycles. The van der Waals surface area contributed by atoms with Gasteiger partial charge < -0.3 is 15.6 Å². The molecule has 0 amide bonds. The van der Waals surface area contributed by atoms with Crippen molar-refractivity contribution >= 4 is 16.9 Å². The van der Waals surface area contributed by atoms with Gasteiger partial charge in [0.1, 0.15) is 17.8 Å². The third kappa shape index (κ3) is 2.23. The molecule has 1 aromatic carbocycles. The minimum atomic E-state index is 0.313. The van der Waals surface area contributed by atoms with Crippen LogP contribution < -0.4 is 10.6 Å². The lowest BCUT2D eigenvalue weighted by atomic mass is 10.0. The van der Waals surface area contributed by atoms with Crippen molar-refractivity contribution in [1.82, 2.24) is 15.0 Å². The van der Waals surface area contributed by atoms with E-state index in [2.05, 4.69) is 44.1 Å². The van der Waals surface area contributed by atoms with E-state index < -0.39 is 0 Å². The summed E-state index contributed by atoms with van der Waals surface area (Å²) in [6, 6.07) is 10.7. The van der Waals surface area contributed by atoms with Crippen molar-refractivity contribution in [1.29, 1.82) is 0 Å². The zero-order valence-electron chi connectivity index (χ0n) is 12.4. The molecule has 0 saturated carbocycles. The maximum absolute atomic E-state index is 6.02. The summed E-state index contributed by atoms with van der Waals surface area (Å²) in [5.74, 6) is 1.01. The fourth-order valence-electron chi connectivity index (χ4n) is 3.14. The molecule has 0 bridgehead atoms. The first-order chi connectivity index (χ1) is 10.8. The predicted molar refractivity (Wildman–Crippen MR) is 88.7 cm³/mol. The average Bonchev–Trinajstić information content (AvgIpc) is 3.00. The third-order valence-corrected chi connectivity index (χ3v) is 4.37. The summed E-state index contributed by atoms with van der Waals surface area (Å²) in [7, 11) is 0. The second kappa shape index (κ2) is 5.42. The number of aromatic nitrogens is 3. The van der Waals surface area contributed by atoms with Crippen LogP contribution in [0.1, 0.15) is 12.8 Å². The Hall–Kier alpha value is -2.40. The standard InChI is InChI=1S/C17H19N5/c18-13-6-8-22(9-7-13)17-15-14(12-4-2-1-3-5-12)10-19-16(15)20-11-21-17/h1-5,10-11,13H,6-9,18H2,(H,19,20,21). The van der Waals surface area contributed by atoms with Crippen LogP contribution >= 0.6 is 0 Å². The number of nitrogens with one attached hydrogen (secondary N) is 1. The van der Waals surface area contributed by atoms with E-state index >= 15 is 0 Å². The molecule has 3 aromatic rings. The van der Waals surface area contributed by atoms with Crippen LogP contribution in [0.3, 0.4) is 0 Å². The minimum Gasteiger partial charge on any atom is -0.356 e. The molecule has 0 aliphatic carbocycles. The van der Waals surface area contributed by atoms with E-state index in [-0.39, 0.29) is 0 Å². The zero-order valence-corrected chi connectivity index (χ0v) is 12.4. The van der Waals surface area contributed by atoms with Gasteiger partial charge in [-0.1, -0.05) is 30.3 Å². The number of piperidine rings is 1. The van der Waals surface area contributed by atoms with Crippen LogP contribution in [0.5, 0.6) is 0 Å². The number of hydrogen-bond acceptors (Lipinski definition) is 4. The highest BCUT2D eigenvalue weighted by Crippen LogP contribution is 2.34. The number of rotatable bonds is 2. The van der Waals surface area contributed by atoms with Gasteiger partial charge in [-0.3, -0.25) is 0 Å².